The zero-order valence-electron chi connectivity index (χ0n) is 17.3. The molecule has 0 radical (unpaired) electrons. The fraction of sp³-hybridized carbons (Fsp3) is 0. The predicted octanol–water partition coefficient (Wildman–Crippen LogP) is -22.4. The molecule has 0 rings (SSSR count). The van der Waals surface area contributed by atoms with Crippen molar-refractivity contribution in [3.05, 3.63) is 0 Å². The van der Waals surface area contributed by atoms with Crippen LogP contribution in [-0.4, -0.2) is 38.9 Å². The number of carboxylic acid groups (broad SMARTS) is 6. The van der Waals surface area contributed by atoms with Crippen molar-refractivity contribution in [2.45, 2.75) is 0 Å². The van der Waals surface area contributed by atoms with Crippen LogP contribution >= 0.6 is 0 Å². The predicted molar refractivity (Wildman–Crippen MR) is 32.3 cm³/mol. The Morgan fingerprint density at radius 2 is 0.579 bits per heavy atom. The van der Waals surface area contributed by atoms with Crippen LogP contribution in [0.2, 0.25) is 0 Å². The molecule has 0 heterocycles. The molecule has 0 saturated heterocycles. The van der Waals surface area contributed by atoms with Crippen LogP contribution < -0.4 is 217 Å². The molecule has 16 heteroatoms. The summed E-state index contributed by atoms with van der Waals surface area (Å²) >= 11 is 0. The minimum atomic E-state index is -2.33. The average Bonchev–Trinajstić information content (AvgIpc) is 1.54. The maximum absolute atomic E-state index is 8.56. The third-order valence-corrected chi connectivity index (χ3v) is 0. The van der Waals surface area contributed by atoms with E-state index in [1.807, 2.05) is 0 Å². The monoisotopic (exact) mass is 350 g/mol. The van der Waals surface area contributed by atoms with E-state index in [2.05, 4.69) is 0 Å². The molecule has 0 aliphatic heterocycles. The largest absolute Gasteiger partial charge is 1.00 e. The number of carbonyl (C=O) groups is 3. The molecule has 0 saturated carbocycles. The van der Waals surface area contributed by atoms with Gasteiger partial charge in [0.2, 0.25) is 0 Å². The van der Waals surface area contributed by atoms with Gasteiger partial charge in [0.25, 0.3) is 0 Å². The second-order valence-corrected chi connectivity index (χ2v) is 0.815. The average molecular weight is 350 g/mol. The third-order valence-electron chi connectivity index (χ3n) is 0. The van der Waals surface area contributed by atoms with Crippen LogP contribution in [-0.2, 0) is 0 Å². The summed E-state index contributed by atoms with van der Waals surface area (Å²) in [6.07, 6.45) is -6.00. The van der Waals surface area contributed by atoms with Crippen LogP contribution in [0.3, 0.4) is 0 Å². The van der Waals surface area contributed by atoms with Crippen LogP contribution in [0.5, 0.6) is 0 Å². The molecule has 0 atom stereocenters. The topological polar surface area (TPSA) is 178 Å². The van der Waals surface area contributed by atoms with Crippen molar-refractivity contribution >= 4 is 18.5 Å². The Kier molecular flexibility index (Phi) is 194. The molecule has 0 aliphatic rings. The van der Waals surface area contributed by atoms with Gasteiger partial charge in [-0.25, -0.2) is 9.59 Å². The summed E-state index contributed by atoms with van der Waals surface area (Å²) in [5, 5.41) is 44.6. The number of carbonyl (C=O) groups excluding carboxylic acids is 1. The summed E-state index contributed by atoms with van der Waals surface area (Å²) in [6.45, 7) is 0. The SMILES string of the molecule is O=C(O)O.O=C(O)O.O=C([O-])[O-].[H-].[H-].[H-].[H-].[H-].[Na+].[Na+].[Na+].[Na+].[Na+].[Na+].[Na+]. The van der Waals surface area contributed by atoms with E-state index in [1.54, 1.807) is 0 Å². The number of hydrogen-bond acceptors (Lipinski definition) is 5. The molecule has 0 spiro atoms. The Labute approximate surface area is 271 Å². The van der Waals surface area contributed by atoms with E-state index < -0.39 is 18.5 Å². The maximum atomic E-state index is 8.56. The van der Waals surface area contributed by atoms with Crippen LogP contribution in [0, 0.1) is 0 Å². The van der Waals surface area contributed by atoms with Gasteiger partial charge in [-0.15, -0.1) is 0 Å². The molecule has 0 amide bonds. The maximum Gasteiger partial charge on any atom is 1.00 e. The molecule has 0 aliphatic carbocycles. The second kappa shape index (κ2) is 56.9. The zero-order valence-corrected chi connectivity index (χ0v) is 26.3. The van der Waals surface area contributed by atoms with Gasteiger partial charge < -0.3 is 42.6 Å². The molecule has 0 aromatic heterocycles. The first kappa shape index (κ1) is 65.0. The quantitative estimate of drug-likeness (QED) is 0.309. The van der Waals surface area contributed by atoms with Gasteiger partial charge in [0, 0.05) is 0 Å². The summed E-state index contributed by atoms with van der Waals surface area (Å²) in [4.78, 5) is 25.4. The van der Waals surface area contributed by atoms with Gasteiger partial charge in [-0.2, -0.15) is 0 Å². The molecule has 0 bridgehead atoms. The molecule has 0 fully saturated rings. The van der Waals surface area contributed by atoms with E-state index in [-0.39, 0.29) is 214 Å². The fourth-order valence-corrected chi connectivity index (χ4v) is 0. The van der Waals surface area contributed by atoms with Gasteiger partial charge in [0.05, 0.1) is 0 Å². The van der Waals surface area contributed by atoms with Crippen LogP contribution in [0.15, 0.2) is 0 Å². The Bertz CT molecular complexity index is 143. The molecule has 0 aromatic carbocycles. The Hall–Kier alpha value is 4.81. The van der Waals surface area contributed by atoms with Crippen molar-refractivity contribution in [3.63, 3.8) is 0 Å². The Morgan fingerprint density at radius 1 is 0.579 bits per heavy atom. The van der Waals surface area contributed by atoms with Crippen molar-refractivity contribution in [2.24, 2.45) is 0 Å². The van der Waals surface area contributed by atoms with Gasteiger partial charge in [-0.3, -0.25) is 0 Å². The normalized spacial score (nSPS) is 3.79. The summed E-state index contributed by atoms with van der Waals surface area (Å²) in [7, 11) is 0. The van der Waals surface area contributed by atoms with Crippen LogP contribution in [0.1, 0.15) is 7.13 Å². The van der Waals surface area contributed by atoms with Crippen molar-refractivity contribution in [1.82, 2.24) is 0 Å². The van der Waals surface area contributed by atoms with Crippen molar-refractivity contribution in [2.75, 3.05) is 0 Å². The Morgan fingerprint density at radius 3 is 0.579 bits per heavy atom. The van der Waals surface area contributed by atoms with Gasteiger partial charge >= 0.3 is 219 Å². The minimum absolute atomic E-state index is 0. The molecule has 4 N–H and O–H groups in total. The van der Waals surface area contributed by atoms with Crippen molar-refractivity contribution < 1.29 is 259 Å². The first-order valence-electron chi connectivity index (χ1n) is 1.92. The summed E-state index contributed by atoms with van der Waals surface area (Å²) in [5.41, 5.74) is 0. The van der Waals surface area contributed by atoms with Gasteiger partial charge in [0.1, 0.15) is 0 Å². The van der Waals surface area contributed by atoms with Gasteiger partial charge in [-0.1, -0.05) is 0 Å². The fourth-order valence-electron chi connectivity index (χ4n) is 0. The molecular formula is C3H9Na7O9. The zero-order chi connectivity index (χ0) is 10.7. The molecule has 82 valence electrons. The summed E-state index contributed by atoms with van der Waals surface area (Å²) in [5.74, 6) is 0. The first-order chi connectivity index (χ1) is 5.20. The van der Waals surface area contributed by atoms with Crippen LogP contribution in [0.25, 0.3) is 0 Å². The molecule has 19 heavy (non-hydrogen) atoms. The molecular weight excluding hydrogens is 341 g/mol. The van der Waals surface area contributed by atoms with Crippen LogP contribution in [0.4, 0.5) is 14.4 Å². The molecule has 0 aromatic rings. The van der Waals surface area contributed by atoms with E-state index in [1.165, 1.54) is 0 Å². The van der Waals surface area contributed by atoms with E-state index in [9.17, 15) is 0 Å². The Balaban J connectivity index is -0.00000000312. The van der Waals surface area contributed by atoms with Crippen molar-refractivity contribution in [1.29, 1.82) is 0 Å². The number of rotatable bonds is 0. The second-order valence-electron chi connectivity index (χ2n) is 0.815. The minimum Gasteiger partial charge on any atom is -1.00 e. The third kappa shape index (κ3) is 427. The molecule has 0 unspecified atom stereocenters. The van der Waals surface area contributed by atoms with Crippen molar-refractivity contribution in [3.8, 4) is 0 Å². The van der Waals surface area contributed by atoms with Gasteiger partial charge in [-0.05, 0) is 6.16 Å². The smallest absolute Gasteiger partial charge is 1.00 e. The van der Waals surface area contributed by atoms with E-state index in [4.69, 9.17) is 45.0 Å². The number of hydrogen-bond donors (Lipinski definition) is 4. The molecule has 9 nitrogen and oxygen atoms in total. The summed E-state index contributed by atoms with van der Waals surface area (Å²) in [6, 6.07) is 0. The van der Waals surface area contributed by atoms with Gasteiger partial charge in [0.15, 0.2) is 0 Å². The standard InChI is InChI=1S/3CH2O3.7Na.5H/c3*2-1(3)4;;;;;;;;;;;;/h3*(H2,2,3,4);;;;;;;;;;;;/q;;;7*+1;5*-1/p-2. The van der Waals surface area contributed by atoms with E-state index in [0.29, 0.717) is 0 Å². The first-order valence-corrected chi connectivity index (χ1v) is 1.92. The summed E-state index contributed by atoms with van der Waals surface area (Å²) < 4.78 is 0. The van der Waals surface area contributed by atoms with E-state index in [0.717, 1.165) is 0 Å². The van der Waals surface area contributed by atoms with E-state index >= 15 is 0 Å².